The number of H-pyrrole nitrogens is 1. The van der Waals surface area contributed by atoms with Gasteiger partial charge in [0.15, 0.2) is 5.65 Å². The number of nitrogens with one attached hydrogen (secondary N) is 1. The van der Waals surface area contributed by atoms with Crippen LogP contribution in [0.15, 0.2) is 36.5 Å². The number of benzene rings is 1. The summed E-state index contributed by atoms with van der Waals surface area (Å²) < 4.78 is 0. The minimum absolute atomic E-state index is 0.618. The zero-order chi connectivity index (χ0) is 12.5. The highest BCUT2D eigenvalue weighted by Gasteiger charge is 2.05. The van der Waals surface area contributed by atoms with Crippen molar-refractivity contribution in [2.45, 2.75) is 6.42 Å². The second-order valence-corrected chi connectivity index (χ2v) is 4.56. The smallest absolute Gasteiger partial charge is 0.157 e. The van der Waals surface area contributed by atoms with Gasteiger partial charge in [0.2, 0.25) is 0 Å². The molecule has 0 aliphatic heterocycles. The molecule has 1 aromatic carbocycles. The van der Waals surface area contributed by atoms with E-state index in [1.807, 2.05) is 30.3 Å². The zero-order valence-corrected chi connectivity index (χ0v) is 10.3. The number of rotatable bonds is 2. The first-order valence-electron chi connectivity index (χ1n) is 5.55. The Balaban J connectivity index is 1.92. The molecule has 18 heavy (non-hydrogen) atoms. The molecule has 0 fully saturated rings. The van der Waals surface area contributed by atoms with E-state index in [1.165, 1.54) is 0 Å². The molecule has 0 atom stereocenters. The standard InChI is InChI=1S/C13H11ClN4/c14-9-3-1-8(2-4-9)5-12-17-11-6-10(15)7-16-13(11)18-12/h1-4,6-7H,5,15H2,(H,16,17,18). The van der Waals surface area contributed by atoms with E-state index >= 15 is 0 Å². The molecule has 3 N–H and O–H groups in total. The fraction of sp³-hybridized carbons (Fsp3) is 0.0769. The lowest BCUT2D eigenvalue weighted by Gasteiger charge is -1.97. The highest BCUT2D eigenvalue weighted by Crippen LogP contribution is 2.15. The largest absolute Gasteiger partial charge is 0.397 e. The normalized spacial score (nSPS) is 10.9. The maximum atomic E-state index is 5.85. The lowest BCUT2D eigenvalue weighted by molar-refractivity contribution is 1.03. The number of nitrogen functional groups attached to an aromatic ring is 1. The third-order valence-electron chi connectivity index (χ3n) is 2.69. The number of pyridine rings is 1. The number of fused-ring (bicyclic) bond motifs is 1. The Morgan fingerprint density at radius 2 is 2.00 bits per heavy atom. The average Bonchev–Trinajstić information content (AvgIpc) is 2.73. The van der Waals surface area contributed by atoms with Crippen molar-refractivity contribution in [3.8, 4) is 0 Å². The van der Waals surface area contributed by atoms with Crippen molar-refractivity contribution in [3.63, 3.8) is 0 Å². The summed E-state index contributed by atoms with van der Waals surface area (Å²) in [6.45, 7) is 0. The van der Waals surface area contributed by atoms with E-state index in [4.69, 9.17) is 17.3 Å². The molecule has 0 radical (unpaired) electrons. The molecule has 0 aliphatic carbocycles. The van der Waals surface area contributed by atoms with E-state index in [2.05, 4.69) is 15.0 Å². The molecule has 2 aromatic heterocycles. The Morgan fingerprint density at radius 1 is 1.22 bits per heavy atom. The van der Waals surface area contributed by atoms with E-state index in [-0.39, 0.29) is 0 Å². The molecule has 4 nitrogen and oxygen atoms in total. The van der Waals surface area contributed by atoms with Crippen molar-refractivity contribution >= 4 is 28.5 Å². The van der Waals surface area contributed by atoms with Crippen molar-refractivity contribution in [1.29, 1.82) is 0 Å². The van der Waals surface area contributed by atoms with Gasteiger partial charge in [-0.1, -0.05) is 23.7 Å². The van der Waals surface area contributed by atoms with Crippen LogP contribution in [0.25, 0.3) is 11.2 Å². The molecule has 0 unspecified atom stereocenters. The molecule has 3 aromatic rings. The maximum absolute atomic E-state index is 5.85. The zero-order valence-electron chi connectivity index (χ0n) is 9.52. The van der Waals surface area contributed by atoms with E-state index in [1.54, 1.807) is 6.20 Å². The van der Waals surface area contributed by atoms with Gasteiger partial charge in [-0.2, -0.15) is 0 Å². The Kier molecular flexibility index (Phi) is 2.64. The minimum Gasteiger partial charge on any atom is -0.397 e. The molecule has 5 heteroatoms. The van der Waals surface area contributed by atoms with Crippen LogP contribution in [0.5, 0.6) is 0 Å². The van der Waals surface area contributed by atoms with Gasteiger partial charge in [0.1, 0.15) is 11.3 Å². The number of anilines is 1. The van der Waals surface area contributed by atoms with Crippen LogP contribution in [0.2, 0.25) is 5.02 Å². The molecule has 0 saturated carbocycles. The molecular weight excluding hydrogens is 248 g/mol. The molecule has 0 saturated heterocycles. The Labute approximate surface area is 109 Å². The van der Waals surface area contributed by atoms with Gasteiger partial charge in [0.05, 0.1) is 11.9 Å². The fourth-order valence-corrected chi connectivity index (χ4v) is 1.97. The molecule has 0 amide bonds. The number of hydrogen-bond acceptors (Lipinski definition) is 3. The molecule has 3 rings (SSSR count). The topological polar surface area (TPSA) is 67.6 Å². The summed E-state index contributed by atoms with van der Waals surface area (Å²) in [4.78, 5) is 11.8. The van der Waals surface area contributed by atoms with Crippen molar-refractivity contribution in [1.82, 2.24) is 15.0 Å². The lowest BCUT2D eigenvalue weighted by Crippen LogP contribution is -1.89. The number of aromatic nitrogens is 3. The molecular formula is C13H11ClN4. The monoisotopic (exact) mass is 258 g/mol. The van der Waals surface area contributed by atoms with Crippen LogP contribution in [0.4, 0.5) is 5.69 Å². The second-order valence-electron chi connectivity index (χ2n) is 4.12. The predicted octanol–water partition coefficient (Wildman–Crippen LogP) is 2.78. The quantitative estimate of drug-likeness (QED) is 0.743. The van der Waals surface area contributed by atoms with Crippen LogP contribution in [-0.2, 0) is 6.42 Å². The summed E-state index contributed by atoms with van der Waals surface area (Å²) in [5.74, 6) is 0.866. The summed E-state index contributed by atoms with van der Waals surface area (Å²) >= 11 is 5.85. The molecule has 0 bridgehead atoms. The first kappa shape index (κ1) is 11.0. The summed E-state index contributed by atoms with van der Waals surface area (Å²) in [5, 5.41) is 0.734. The van der Waals surface area contributed by atoms with Crippen molar-refractivity contribution < 1.29 is 0 Å². The molecule has 0 spiro atoms. The second kappa shape index (κ2) is 4.31. The fourth-order valence-electron chi connectivity index (χ4n) is 1.84. The minimum atomic E-state index is 0.618. The molecule has 90 valence electrons. The summed E-state index contributed by atoms with van der Waals surface area (Å²) in [6, 6.07) is 9.52. The maximum Gasteiger partial charge on any atom is 0.157 e. The average molecular weight is 259 g/mol. The number of aromatic amines is 1. The SMILES string of the molecule is Nc1cnc2[nH]c(Cc3ccc(Cl)cc3)nc2c1. The van der Waals surface area contributed by atoms with Crippen LogP contribution in [0, 0.1) is 0 Å². The van der Waals surface area contributed by atoms with Gasteiger partial charge >= 0.3 is 0 Å². The van der Waals surface area contributed by atoms with Crippen molar-refractivity contribution in [2.75, 3.05) is 5.73 Å². The van der Waals surface area contributed by atoms with Crippen LogP contribution in [0.3, 0.4) is 0 Å². The van der Waals surface area contributed by atoms with Gasteiger partial charge in [-0.25, -0.2) is 9.97 Å². The summed E-state index contributed by atoms with van der Waals surface area (Å²) in [7, 11) is 0. The van der Waals surface area contributed by atoms with Gasteiger partial charge < -0.3 is 10.7 Å². The highest BCUT2D eigenvalue weighted by molar-refractivity contribution is 6.30. The van der Waals surface area contributed by atoms with Crippen LogP contribution in [0.1, 0.15) is 11.4 Å². The number of nitrogens with zero attached hydrogens (tertiary/aromatic N) is 2. The number of nitrogens with two attached hydrogens (primary N) is 1. The molecule has 0 aliphatic rings. The van der Waals surface area contributed by atoms with Crippen LogP contribution >= 0.6 is 11.6 Å². The van der Waals surface area contributed by atoms with E-state index < -0.39 is 0 Å². The highest BCUT2D eigenvalue weighted by atomic mass is 35.5. The van der Waals surface area contributed by atoms with Gasteiger partial charge in [-0.05, 0) is 23.8 Å². The summed E-state index contributed by atoms with van der Waals surface area (Å²) in [5.41, 5.74) is 8.98. The predicted molar refractivity (Wildman–Crippen MR) is 72.6 cm³/mol. The number of halogens is 1. The Morgan fingerprint density at radius 3 is 2.78 bits per heavy atom. The van der Waals surface area contributed by atoms with Gasteiger partial charge in [0, 0.05) is 11.4 Å². The Bertz CT molecular complexity index is 688. The number of hydrogen-bond donors (Lipinski definition) is 2. The summed E-state index contributed by atoms with van der Waals surface area (Å²) in [6.07, 6.45) is 2.33. The van der Waals surface area contributed by atoms with Gasteiger partial charge in [-0.3, -0.25) is 0 Å². The number of imidazole rings is 1. The van der Waals surface area contributed by atoms with Gasteiger partial charge in [-0.15, -0.1) is 0 Å². The third-order valence-corrected chi connectivity index (χ3v) is 2.94. The van der Waals surface area contributed by atoms with Crippen molar-refractivity contribution in [3.05, 3.63) is 52.9 Å². The lowest BCUT2D eigenvalue weighted by atomic mass is 10.1. The Hall–Kier alpha value is -2.07. The van der Waals surface area contributed by atoms with E-state index in [0.717, 1.165) is 27.6 Å². The van der Waals surface area contributed by atoms with Gasteiger partial charge in [0.25, 0.3) is 0 Å². The third kappa shape index (κ3) is 2.15. The van der Waals surface area contributed by atoms with E-state index in [0.29, 0.717) is 12.1 Å². The first-order chi connectivity index (χ1) is 8.70. The first-order valence-corrected chi connectivity index (χ1v) is 5.93. The van der Waals surface area contributed by atoms with Crippen molar-refractivity contribution in [2.24, 2.45) is 0 Å². The molecule has 2 heterocycles. The van der Waals surface area contributed by atoms with Crippen LogP contribution in [-0.4, -0.2) is 15.0 Å². The van der Waals surface area contributed by atoms with E-state index in [9.17, 15) is 0 Å². The van der Waals surface area contributed by atoms with Crippen LogP contribution < -0.4 is 5.73 Å².